The fourth-order valence-electron chi connectivity index (χ4n) is 2.30. The summed E-state index contributed by atoms with van der Waals surface area (Å²) < 4.78 is 5.29. The van der Waals surface area contributed by atoms with E-state index in [0.29, 0.717) is 18.1 Å². The van der Waals surface area contributed by atoms with E-state index < -0.39 is 0 Å². The van der Waals surface area contributed by atoms with Gasteiger partial charge in [0.05, 0.1) is 0 Å². The molecule has 2 aromatic rings. The first-order valence-corrected chi connectivity index (χ1v) is 7.47. The molecule has 0 bridgehead atoms. The number of carbonyl (C=O) groups excluding carboxylic acids is 1. The molecule has 2 heteroatoms. The molecule has 0 spiro atoms. The highest BCUT2D eigenvalue weighted by Crippen LogP contribution is 2.13. The number of ether oxygens (including phenoxy) is 1. The summed E-state index contributed by atoms with van der Waals surface area (Å²) in [7, 11) is 0. The van der Waals surface area contributed by atoms with Crippen LogP contribution in [0.2, 0.25) is 0 Å². The lowest BCUT2D eigenvalue weighted by molar-refractivity contribution is -0.134. The molecule has 0 saturated carbocycles. The maximum absolute atomic E-state index is 11.8. The van der Waals surface area contributed by atoms with Crippen molar-refractivity contribution in [3.63, 3.8) is 0 Å². The minimum absolute atomic E-state index is 0.185. The van der Waals surface area contributed by atoms with Crippen LogP contribution in [0.4, 0.5) is 0 Å². The van der Waals surface area contributed by atoms with E-state index in [1.165, 1.54) is 11.1 Å². The molecule has 2 rings (SSSR count). The second-order valence-corrected chi connectivity index (χ2v) is 5.71. The molecule has 2 aromatic carbocycles. The monoisotopic (exact) mass is 282 g/mol. The fourth-order valence-corrected chi connectivity index (χ4v) is 2.30. The minimum atomic E-state index is -0.185. The fraction of sp³-hybridized carbons (Fsp3) is 0.316. The van der Waals surface area contributed by atoms with Gasteiger partial charge in [-0.15, -0.1) is 0 Å². The summed E-state index contributed by atoms with van der Waals surface area (Å²) in [4.78, 5) is 11.8. The Morgan fingerprint density at radius 1 is 1.00 bits per heavy atom. The number of esters is 1. The molecule has 0 saturated heterocycles. The van der Waals surface area contributed by atoms with E-state index in [9.17, 15) is 4.79 Å². The zero-order chi connectivity index (χ0) is 15.1. The molecular formula is C19H22O2. The van der Waals surface area contributed by atoms with Crippen molar-refractivity contribution in [1.29, 1.82) is 0 Å². The predicted octanol–water partition coefficient (Wildman–Crippen LogP) is 4.42. The van der Waals surface area contributed by atoms with Crippen LogP contribution in [0.5, 0.6) is 5.75 Å². The van der Waals surface area contributed by atoms with E-state index in [-0.39, 0.29) is 5.97 Å². The van der Waals surface area contributed by atoms with Crippen LogP contribution in [-0.4, -0.2) is 5.97 Å². The second-order valence-electron chi connectivity index (χ2n) is 5.71. The van der Waals surface area contributed by atoms with Crippen LogP contribution in [0, 0.1) is 5.92 Å². The Balaban J connectivity index is 1.86. The normalized spacial score (nSPS) is 10.6. The minimum Gasteiger partial charge on any atom is -0.427 e. The van der Waals surface area contributed by atoms with Crippen LogP contribution in [-0.2, 0) is 17.6 Å². The molecule has 2 nitrogen and oxygen atoms in total. The molecule has 0 atom stereocenters. The molecule has 0 aliphatic carbocycles. The van der Waals surface area contributed by atoms with Crippen molar-refractivity contribution in [2.24, 2.45) is 5.92 Å². The maximum Gasteiger partial charge on any atom is 0.311 e. The van der Waals surface area contributed by atoms with Crippen molar-refractivity contribution in [2.75, 3.05) is 0 Å². The SMILES string of the molecule is CC(C)Cc1cccc(CCC(=O)Oc2ccccc2)c1. The first-order chi connectivity index (χ1) is 10.1. The molecule has 0 amide bonds. The van der Waals surface area contributed by atoms with Gasteiger partial charge in [0.2, 0.25) is 0 Å². The van der Waals surface area contributed by atoms with Gasteiger partial charge >= 0.3 is 5.97 Å². The predicted molar refractivity (Wildman–Crippen MR) is 85.4 cm³/mol. The van der Waals surface area contributed by atoms with E-state index in [1.807, 2.05) is 18.2 Å². The topological polar surface area (TPSA) is 26.3 Å². The number of para-hydroxylation sites is 1. The number of rotatable bonds is 6. The Labute approximate surface area is 126 Å². The number of benzene rings is 2. The van der Waals surface area contributed by atoms with Crippen molar-refractivity contribution in [3.05, 3.63) is 65.7 Å². The Bertz CT molecular complexity index is 573. The summed E-state index contributed by atoms with van der Waals surface area (Å²) in [5.74, 6) is 1.06. The molecule has 110 valence electrons. The Morgan fingerprint density at radius 3 is 2.43 bits per heavy atom. The highest BCUT2D eigenvalue weighted by atomic mass is 16.5. The summed E-state index contributed by atoms with van der Waals surface area (Å²) in [6.07, 6.45) is 2.19. The standard InChI is InChI=1S/C19H22O2/c1-15(2)13-17-8-6-7-16(14-17)11-12-19(20)21-18-9-4-3-5-10-18/h3-10,14-15H,11-13H2,1-2H3. The molecule has 21 heavy (non-hydrogen) atoms. The quantitative estimate of drug-likeness (QED) is 0.579. The van der Waals surface area contributed by atoms with Crippen molar-refractivity contribution in [3.8, 4) is 5.75 Å². The van der Waals surface area contributed by atoms with E-state index in [0.717, 1.165) is 12.8 Å². The third kappa shape index (κ3) is 5.42. The van der Waals surface area contributed by atoms with E-state index in [1.54, 1.807) is 12.1 Å². The number of hydrogen-bond acceptors (Lipinski definition) is 2. The number of aryl methyl sites for hydroxylation is 1. The maximum atomic E-state index is 11.8. The van der Waals surface area contributed by atoms with Gasteiger partial charge < -0.3 is 4.74 Å². The van der Waals surface area contributed by atoms with Crippen LogP contribution in [0.25, 0.3) is 0 Å². The molecule has 0 unspecified atom stereocenters. The van der Waals surface area contributed by atoms with Crippen molar-refractivity contribution in [1.82, 2.24) is 0 Å². The second kappa shape index (κ2) is 7.63. The van der Waals surface area contributed by atoms with Gasteiger partial charge in [-0.2, -0.15) is 0 Å². The first kappa shape index (κ1) is 15.3. The van der Waals surface area contributed by atoms with Crippen LogP contribution in [0.3, 0.4) is 0 Å². The highest BCUT2D eigenvalue weighted by molar-refractivity contribution is 5.72. The van der Waals surface area contributed by atoms with E-state index in [4.69, 9.17) is 4.74 Å². The highest BCUT2D eigenvalue weighted by Gasteiger charge is 2.06. The molecule has 0 heterocycles. The van der Waals surface area contributed by atoms with E-state index in [2.05, 4.69) is 38.1 Å². The molecule has 0 aromatic heterocycles. The van der Waals surface area contributed by atoms with Gasteiger partial charge in [0.1, 0.15) is 5.75 Å². The van der Waals surface area contributed by atoms with Crippen molar-refractivity contribution < 1.29 is 9.53 Å². The Morgan fingerprint density at radius 2 is 1.71 bits per heavy atom. The molecule has 0 aliphatic heterocycles. The van der Waals surface area contributed by atoms with Crippen LogP contribution < -0.4 is 4.74 Å². The third-order valence-corrected chi connectivity index (χ3v) is 3.23. The molecule has 0 radical (unpaired) electrons. The zero-order valence-electron chi connectivity index (χ0n) is 12.7. The summed E-state index contributed by atoms with van der Waals surface area (Å²) in [6, 6.07) is 17.7. The van der Waals surface area contributed by atoms with Gasteiger partial charge in [0.15, 0.2) is 0 Å². The molecule has 0 fully saturated rings. The zero-order valence-corrected chi connectivity index (χ0v) is 12.7. The Kier molecular flexibility index (Phi) is 5.56. The van der Waals surface area contributed by atoms with Gasteiger partial charge in [0.25, 0.3) is 0 Å². The lowest BCUT2D eigenvalue weighted by Crippen LogP contribution is -2.09. The smallest absolute Gasteiger partial charge is 0.311 e. The summed E-state index contributed by atoms with van der Waals surface area (Å²) in [5, 5.41) is 0. The average Bonchev–Trinajstić information content (AvgIpc) is 2.46. The third-order valence-electron chi connectivity index (χ3n) is 3.23. The molecular weight excluding hydrogens is 260 g/mol. The van der Waals surface area contributed by atoms with Gasteiger partial charge in [-0.1, -0.05) is 56.3 Å². The van der Waals surface area contributed by atoms with Crippen LogP contribution >= 0.6 is 0 Å². The van der Waals surface area contributed by atoms with Gasteiger partial charge in [-0.25, -0.2) is 0 Å². The largest absolute Gasteiger partial charge is 0.427 e. The molecule has 0 N–H and O–H groups in total. The van der Waals surface area contributed by atoms with Gasteiger partial charge in [0, 0.05) is 6.42 Å². The van der Waals surface area contributed by atoms with Crippen molar-refractivity contribution >= 4 is 5.97 Å². The first-order valence-electron chi connectivity index (χ1n) is 7.47. The lowest BCUT2D eigenvalue weighted by Gasteiger charge is -2.08. The van der Waals surface area contributed by atoms with Crippen LogP contribution in [0.1, 0.15) is 31.4 Å². The summed E-state index contributed by atoms with van der Waals surface area (Å²) in [5.41, 5.74) is 2.53. The summed E-state index contributed by atoms with van der Waals surface area (Å²) in [6.45, 7) is 4.42. The molecule has 0 aliphatic rings. The van der Waals surface area contributed by atoms with Gasteiger partial charge in [-0.05, 0) is 42.0 Å². The Hall–Kier alpha value is -2.09. The average molecular weight is 282 g/mol. The number of carbonyl (C=O) groups is 1. The van der Waals surface area contributed by atoms with Crippen molar-refractivity contribution in [2.45, 2.75) is 33.1 Å². The van der Waals surface area contributed by atoms with Crippen LogP contribution in [0.15, 0.2) is 54.6 Å². The number of hydrogen-bond donors (Lipinski definition) is 0. The lowest BCUT2D eigenvalue weighted by atomic mass is 9.99. The van der Waals surface area contributed by atoms with Gasteiger partial charge in [-0.3, -0.25) is 4.79 Å². The summed E-state index contributed by atoms with van der Waals surface area (Å²) >= 11 is 0. The van der Waals surface area contributed by atoms with E-state index >= 15 is 0 Å².